The largest absolute Gasteiger partial charge is 0.329 e. The van der Waals surface area contributed by atoms with E-state index in [4.69, 9.17) is 5.73 Å². The third kappa shape index (κ3) is 3.33. The van der Waals surface area contributed by atoms with Gasteiger partial charge in [0.1, 0.15) is 5.01 Å². The first-order valence-corrected chi connectivity index (χ1v) is 6.42. The van der Waals surface area contributed by atoms with Crippen LogP contribution in [-0.4, -0.2) is 35.0 Å². The van der Waals surface area contributed by atoms with E-state index in [9.17, 15) is 0 Å². The lowest BCUT2D eigenvalue weighted by Crippen LogP contribution is -2.25. The van der Waals surface area contributed by atoms with E-state index in [2.05, 4.69) is 20.2 Å². The molecule has 0 saturated heterocycles. The van der Waals surface area contributed by atoms with E-state index in [1.165, 1.54) is 0 Å². The molecule has 0 saturated carbocycles. The second-order valence-electron chi connectivity index (χ2n) is 3.89. The molecule has 0 aromatic carbocycles. The Hall–Kier alpha value is -1.30. The summed E-state index contributed by atoms with van der Waals surface area (Å²) >= 11 is 1.63. The van der Waals surface area contributed by atoms with Crippen LogP contribution in [0.3, 0.4) is 0 Å². The summed E-state index contributed by atoms with van der Waals surface area (Å²) < 4.78 is 0. The first-order valence-electron chi connectivity index (χ1n) is 5.54. The molecule has 2 aromatic rings. The highest BCUT2D eigenvalue weighted by molar-refractivity contribution is 7.13. The maximum atomic E-state index is 5.51. The van der Waals surface area contributed by atoms with Crippen LogP contribution in [0.25, 0.3) is 10.7 Å². The smallest absolute Gasteiger partial charge is 0.142 e. The lowest BCUT2D eigenvalue weighted by Gasteiger charge is -2.12. The van der Waals surface area contributed by atoms with Gasteiger partial charge in [0.2, 0.25) is 0 Å². The summed E-state index contributed by atoms with van der Waals surface area (Å²) in [6.07, 6.45) is 1.79. The van der Waals surface area contributed by atoms with E-state index >= 15 is 0 Å². The molecule has 2 aromatic heterocycles. The van der Waals surface area contributed by atoms with Crippen LogP contribution in [-0.2, 0) is 6.54 Å². The molecule has 4 nitrogen and oxygen atoms in total. The molecular weight excluding hydrogens is 232 g/mol. The van der Waals surface area contributed by atoms with Gasteiger partial charge in [-0.3, -0.25) is 9.88 Å². The number of rotatable bonds is 5. The van der Waals surface area contributed by atoms with Crippen LogP contribution in [0.5, 0.6) is 0 Å². The molecule has 2 N–H and O–H groups in total. The molecule has 0 spiro atoms. The lowest BCUT2D eigenvalue weighted by molar-refractivity contribution is 0.333. The highest BCUT2D eigenvalue weighted by atomic mass is 32.1. The predicted molar refractivity (Wildman–Crippen MR) is 70.7 cm³/mol. The monoisotopic (exact) mass is 248 g/mol. The molecule has 17 heavy (non-hydrogen) atoms. The van der Waals surface area contributed by atoms with E-state index in [0.717, 1.165) is 29.5 Å². The van der Waals surface area contributed by atoms with Gasteiger partial charge in [-0.1, -0.05) is 6.07 Å². The number of aromatic nitrogens is 2. The Bertz CT molecular complexity index is 455. The molecule has 0 bridgehead atoms. The number of nitrogens with two attached hydrogens (primary N) is 1. The Balaban J connectivity index is 2.06. The van der Waals surface area contributed by atoms with Crippen LogP contribution in [0.1, 0.15) is 5.69 Å². The number of hydrogen-bond donors (Lipinski definition) is 1. The van der Waals surface area contributed by atoms with E-state index in [1.54, 1.807) is 17.5 Å². The fraction of sp³-hybridized carbons (Fsp3) is 0.333. The summed E-state index contributed by atoms with van der Waals surface area (Å²) in [5, 5.41) is 3.05. The van der Waals surface area contributed by atoms with Gasteiger partial charge < -0.3 is 5.73 Å². The maximum Gasteiger partial charge on any atom is 0.142 e. The molecular formula is C12H16N4S. The third-order valence-corrected chi connectivity index (χ3v) is 3.29. The average molecular weight is 248 g/mol. The van der Waals surface area contributed by atoms with Gasteiger partial charge in [0, 0.05) is 31.2 Å². The van der Waals surface area contributed by atoms with E-state index in [1.807, 2.05) is 25.2 Å². The third-order valence-electron chi connectivity index (χ3n) is 2.38. The summed E-state index contributed by atoms with van der Waals surface area (Å²) in [6, 6.07) is 5.86. The highest BCUT2D eigenvalue weighted by Gasteiger charge is 2.07. The first-order chi connectivity index (χ1) is 8.29. The van der Waals surface area contributed by atoms with Crippen LogP contribution in [0.2, 0.25) is 0 Å². The quantitative estimate of drug-likeness (QED) is 0.873. The molecule has 0 fully saturated rings. The van der Waals surface area contributed by atoms with Crippen molar-refractivity contribution in [2.45, 2.75) is 6.54 Å². The SMILES string of the molecule is CN(CCN)Cc1csc(-c2ccccn2)n1. The second-order valence-corrected chi connectivity index (χ2v) is 4.74. The number of likely N-dealkylation sites (N-methyl/N-ethyl adjacent to an activating group) is 1. The van der Waals surface area contributed by atoms with E-state index in [-0.39, 0.29) is 0 Å². The minimum Gasteiger partial charge on any atom is -0.329 e. The Kier molecular flexibility index (Phi) is 4.19. The van der Waals surface area contributed by atoms with Gasteiger partial charge in [-0.15, -0.1) is 11.3 Å². The minimum atomic E-state index is 0.674. The van der Waals surface area contributed by atoms with E-state index in [0.29, 0.717) is 6.54 Å². The van der Waals surface area contributed by atoms with Crippen LogP contribution < -0.4 is 5.73 Å². The first kappa shape index (κ1) is 12.2. The zero-order valence-electron chi connectivity index (χ0n) is 9.84. The predicted octanol–water partition coefficient (Wildman–Crippen LogP) is 1.60. The number of pyridine rings is 1. The van der Waals surface area contributed by atoms with Gasteiger partial charge in [-0.05, 0) is 19.2 Å². The Morgan fingerprint density at radius 1 is 1.41 bits per heavy atom. The van der Waals surface area contributed by atoms with Crippen molar-refractivity contribution in [3.8, 4) is 10.7 Å². The summed E-state index contributed by atoms with van der Waals surface area (Å²) in [5.41, 5.74) is 7.52. The molecule has 2 rings (SSSR count). The fourth-order valence-electron chi connectivity index (χ4n) is 1.56. The van der Waals surface area contributed by atoms with Crippen LogP contribution >= 0.6 is 11.3 Å². The van der Waals surface area contributed by atoms with Crippen molar-refractivity contribution < 1.29 is 0 Å². The number of nitrogens with zero attached hydrogens (tertiary/aromatic N) is 3. The maximum absolute atomic E-state index is 5.51. The molecule has 0 aliphatic rings. The van der Waals surface area contributed by atoms with Crippen molar-refractivity contribution in [1.82, 2.24) is 14.9 Å². The summed E-state index contributed by atoms with van der Waals surface area (Å²) in [6.45, 7) is 2.39. The number of thiazole rings is 1. The summed E-state index contributed by atoms with van der Waals surface area (Å²) in [4.78, 5) is 11.0. The normalized spacial score (nSPS) is 11.0. The molecule has 2 heterocycles. The molecule has 0 amide bonds. The number of hydrogen-bond acceptors (Lipinski definition) is 5. The lowest BCUT2D eigenvalue weighted by atomic mass is 10.3. The van der Waals surface area contributed by atoms with Gasteiger partial charge in [-0.2, -0.15) is 0 Å². The summed E-state index contributed by atoms with van der Waals surface area (Å²) in [5.74, 6) is 0. The average Bonchev–Trinajstić information content (AvgIpc) is 2.79. The van der Waals surface area contributed by atoms with Gasteiger partial charge in [0.25, 0.3) is 0 Å². The minimum absolute atomic E-state index is 0.674. The Morgan fingerprint density at radius 2 is 2.29 bits per heavy atom. The molecule has 0 atom stereocenters. The Labute approximate surface area is 105 Å². The summed E-state index contributed by atoms with van der Waals surface area (Å²) in [7, 11) is 2.05. The molecule has 0 aliphatic heterocycles. The molecule has 0 unspecified atom stereocenters. The Morgan fingerprint density at radius 3 is 3.00 bits per heavy atom. The van der Waals surface area contributed by atoms with Crippen molar-refractivity contribution in [2.75, 3.05) is 20.1 Å². The van der Waals surface area contributed by atoms with Crippen molar-refractivity contribution >= 4 is 11.3 Å². The van der Waals surface area contributed by atoms with Gasteiger partial charge >= 0.3 is 0 Å². The zero-order valence-corrected chi connectivity index (χ0v) is 10.7. The molecule has 90 valence electrons. The van der Waals surface area contributed by atoms with Gasteiger partial charge in [0.15, 0.2) is 0 Å². The van der Waals surface area contributed by atoms with Crippen molar-refractivity contribution in [1.29, 1.82) is 0 Å². The zero-order chi connectivity index (χ0) is 12.1. The van der Waals surface area contributed by atoms with Crippen molar-refractivity contribution in [3.05, 3.63) is 35.5 Å². The van der Waals surface area contributed by atoms with Gasteiger partial charge in [0.05, 0.1) is 11.4 Å². The standard InChI is InChI=1S/C12H16N4S/c1-16(7-5-13)8-10-9-17-12(15-10)11-4-2-3-6-14-11/h2-4,6,9H,5,7-8,13H2,1H3. The molecule has 5 heteroatoms. The topological polar surface area (TPSA) is 55.0 Å². The van der Waals surface area contributed by atoms with E-state index < -0.39 is 0 Å². The van der Waals surface area contributed by atoms with Crippen LogP contribution in [0, 0.1) is 0 Å². The highest BCUT2D eigenvalue weighted by Crippen LogP contribution is 2.21. The fourth-order valence-corrected chi connectivity index (χ4v) is 2.35. The second kappa shape index (κ2) is 5.86. The molecule has 0 aliphatic carbocycles. The van der Waals surface area contributed by atoms with Crippen LogP contribution in [0.4, 0.5) is 0 Å². The van der Waals surface area contributed by atoms with Crippen LogP contribution in [0.15, 0.2) is 29.8 Å². The van der Waals surface area contributed by atoms with Crippen molar-refractivity contribution in [3.63, 3.8) is 0 Å². The van der Waals surface area contributed by atoms with Crippen molar-refractivity contribution in [2.24, 2.45) is 5.73 Å². The molecule has 0 radical (unpaired) electrons. The van der Waals surface area contributed by atoms with Gasteiger partial charge in [-0.25, -0.2) is 4.98 Å².